The van der Waals surface area contributed by atoms with E-state index < -0.39 is 21.8 Å². The molecule has 2 unspecified atom stereocenters. The van der Waals surface area contributed by atoms with E-state index in [0.717, 1.165) is 12.2 Å². The van der Waals surface area contributed by atoms with Gasteiger partial charge in [-0.15, -0.1) is 0 Å². The van der Waals surface area contributed by atoms with Crippen molar-refractivity contribution < 1.29 is 14.8 Å². The number of aliphatic carboxylic acids is 1. The molecule has 0 bridgehead atoms. The van der Waals surface area contributed by atoms with E-state index in [1.807, 2.05) is 0 Å². The van der Waals surface area contributed by atoms with Crippen molar-refractivity contribution in [1.82, 2.24) is 0 Å². The zero-order valence-corrected chi connectivity index (χ0v) is 8.20. The smallest absolute Gasteiger partial charge is 0.331 e. The zero-order chi connectivity index (χ0) is 10.9. The van der Waals surface area contributed by atoms with Crippen LogP contribution in [0, 0.1) is 16.0 Å². The van der Waals surface area contributed by atoms with E-state index in [-0.39, 0.29) is 5.03 Å². The predicted octanol–water partition coefficient (Wildman–Crippen LogP) is 1.59. The highest BCUT2D eigenvalue weighted by Crippen LogP contribution is 2.35. The van der Waals surface area contributed by atoms with Crippen LogP contribution in [0.3, 0.4) is 0 Å². The third-order valence-electron chi connectivity index (χ3n) is 1.77. The molecule has 0 saturated heterocycles. The second-order valence-corrected chi connectivity index (χ2v) is 3.73. The Balaban J connectivity index is 3.17. The molecule has 0 aromatic heterocycles. The maximum absolute atomic E-state index is 10.7. The van der Waals surface area contributed by atoms with E-state index in [4.69, 9.17) is 28.3 Å². The molecule has 0 fully saturated rings. The van der Waals surface area contributed by atoms with Crippen LogP contribution in [-0.2, 0) is 4.79 Å². The van der Waals surface area contributed by atoms with E-state index in [0.29, 0.717) is 0 Å². The largest absolute Gasteiger partial charge is 0.481 e. The summed E-state index contributed by atoms with van der Waals surface area (Å²) in [7, 11) is 0. The average Bonchev–Trinajstić information content (AvgIpc) is 2.02. The van der Waals surface area contributed by atoms with Crippen LogP contribution in [-0.4, -0.2) is 21.0 Å². The number of halogens is 2. The number of hydrogen-bond acceptors (Lipinski definition) is 3. The molecule has 0 heterocycles. The molecular formula is C7H5Cl2NO4. The van der Waals surface area contributed by atoms with Crippen molar-refractivity contribution in [3.63, 3.8) is 0 Å². The highest BCUT2D eigenvalue weighted by molar-refractivity contribution is 6.33. The molecule has 5 nitrogen and oxygen atoms in total. The lowest BCUT2D eigenvalue weighted by Crippen LogP contribution is -2.42. The quantitative estimate of drug-likeness (QED) is 0.343. The number of hydrogen-bond donors (Lipinski definition) is 1. The van der Waals surface area contributed by atoms with Gasteiger partial charge in [-0.3, -0.25) is 14.9 Å². The normalized spacial score (nSPS) is 31.0. The van der Waals surface area contributed by atoms with Crippen molar-refractivity contribution in [2.24, 2.45) is 5.92 Å². The summed E-state index contributed by atoms with van der Waals surface area (Å²) >= 11 is 11.1. The van der Waals surface area contributed by atoms with Gasteiger partial charge in [-0.2, -0.15) is 0 Å². The number of rotatable bonds is 2. The Labute approximate surface area is 88.8 Å². The van der Waals surface area contributed by atoms with Crippen molar-refractivity contribution in [3.05, 3.63) is 33.4 Å². The molecule has 0 saturated carbocycles. The van der Waals surface area contributed by atoms with Crippen LogP contribution in [0.4, 0.5) is 0 Å². The van der Waals surface area contributed by atoms with Crippen LogP contribution in [0.15, 0.2) is 23.3 Å². The number of carbonyl (C=O) groups is 1. The minimum absolute atomic E-state index is 0.0502. The van der Waals surface area contributed by atoms with Crippen LogP contribution in [0.2, 0.25) is 0 Å². The summed E-state index contributed by atoms with van der Waals surface area (Å²) in [5.74, 6) is -2.78. The molecule has 0 spiro atoms. The Morgan fingerprint density at radius 1 is 1.71 bits per heavy atom. The zero-order valence-electron chi connectivity index (χ0n) is 6.68. The van der Waals surface area contributed by atoms with Crippen LogP contribution in [0.1, 0.15) is 0 Å². The van der Waals surface area contributed by atoms with E-state index in [1.165, 1.54) is 6.08 Å². The molecule has 1 N–H and O–H groups in total. The first-order valence-electron chi connectivity index (χ1n) is 3.50. The molecule has 7 heteroatoms. The van der Waals surface area contributed by atoms with Crippen molar-refractivity contribution in [1.29, 1.82) is 0 Å². The maximum Gasteiger partial charge on any atom is 0.331 e. The minimum atomic E-state index is -2.20. The van der Waals surface area contributed by atoms with Crippen LogP contribution in [0.25, 0.3) is 0 Å². The molecule has 0 aromatic carbocycles. The van der Waals surface area contributed by atoms with E-state index in [2.05, 4.69) is 0 Å². The Bertz CT molecular complexity index is 352. The number of carboxylic acid groups (broad SMARTS) is 1. The van der Waals surface area contributed by atoms with Gasteiger partial charge in [-0.1, -0.05) is 17.7 Å². The standard InChI is InChI=1S/C7H5Cl2NO4/c8-4-1-2-5(6(11)12)7(9,3-4)10(13)14/h1-3,5H,(H,11,12). The Morgan fingerprint density at radius 3 is 2.71 bits per heavy atom. The maximum atomic E-state index is 10.7. The van der Waals surface area contributed by atoms with Gasteiger partial charge in [0.1, 0.15) is 0 Å². The van der Waals surface area contributed by atoms with E-state index in [9.17, 15) is 14.9 Å². The SMILES string of the molecule is O=C(O)C1C=CC(Cl)=CC1(Cl)[N+](=O)[O-]. The van der Waals surface area contributed by atoms with Gasteiger partial charge in [0.2, 0.25) is 0 Å². The second kappa shape index (κ2) is 3.59. The fraction of sp³-hybridized carbons (Fsp3) is 0.286. The number of nitro groups is 1. The monoisotopic (exact) mass is 237 g/mol. The molecule has 1 rings (SSSR count). The number of nitrogens with zero attached hydrogens (tertiary/aromatic N) is 1. The molecular weight excluding hydrogens is 233 g/mol. The Morgan fingerprint density at radius 2 is 2.29 bits per heavy atom. The van der Waals surface area contributed by atoms with Crippen molar-refractivity contribution in [2.75, 3.05) is 0 Å². The summed E-state index contributed by atoms with van der Waals surface area (Å²) in [6.45, 7) is 0. The third kappa shape index (κ3) is 1.73. The highest BCUT2D eigenvalue weighted by atomic mass is 35.5. The van der Waals surface area contributed by atoms with E-state index in [1.54, 1.807) is 0 Å². The summed E-state index contributed by atoms with van der Waals surface area (Å²) in [4.78, 5) is 18.2. The summed E-state index contributed by atoms with van der Waals surface area (Å²) in [6, 6.07) is 0. The molecule has 2 atom stereocenters. The molecule has 0 aromatic rings. The molecule has 1 aliphatic carbocycles. The second-order valence-electron chi connectivity index (χ2n) is 2.69. The molecule has 14 heavy (non-hydrogen) atoms. The van der Waals surface area contributed by atoms with Gasteiger partial charge < -0.3 is 5.11 Å². The van der Waals surface area contributed by atoms with Crippen LogP contribution >= 0.6 is 23.2 Å². The highest BCUT2D eigenvalue weighted by Gasteiger charge is 2.51. The Hall–Kier alpha value is -1.07. The molecule has 1 aliphatic rings. The fourth-order valence-corrected chi connectivity index (χ4v) is 1.65. The first-order valence-corrected chi connectivity index (χ1v) is 4.26. The van der Waals surface area contributed by atoms with Crippen molar-refractivity contribution >= 4 is 29.2 Å². The molecule has 0 aliphatic heterocycles. The summed E-state index contributed by atoms with van der Waals surface area (Å²) in [5, 5.41) is 19.4. The molecule has 76 valence electrons. The van der Waals surface area contributed by atoms with Gasteiger partial charge in [0.15, 0.2) is 5.92 Å². The molecule has 0 amide bonds. The number of carboxylic acids is 1. The first-order chi connectivity index (χ1) is 6.38. The summed E-state index contributed by atoms with van der Waals surface area (Å²) in [5.41, 5.74) is 0. The topological polar surface area (TPSA) is 80.4 Å². The lowest BCUT2D eigenvalue weighted by molar-refractivity contribution is -0.533. The lowest BCUT2D eigenvalue weighted by atomic mass is 9.95. The predicted molar refractivity (Wildman–Crippen MR) is 49.8 cm³/mol. The van der Waals surface area contributed by atoms with Gasteiger partial charge >= 0.3 is 11.0 Å². The Kier molecular flexibility index (Phi) is 2.82. The van der Waals surface area contributed by atoms with Gasteiger partial charge in [0.05, 0.1) is 0 Å². The number of alkyl halides is 1. The van der Waals surface area contributed by atoms with Crippen molar-refractivity contribution in [2.45, 2.75) is 5.00 Å². The first kappa shape index (κ1) is 11.0. The van der Waals surface area contributed by atoms with Gasteiger partial charge in [-0.25, -0.2) is 0 Å². The summed E-state index contributed by atoms with van der Waals surface area (Å²) < 4.78 is 0. The van der Waals surface area contributed by atoms with Gasteiger partial charge in [0.25, 0.3) is 0 Å². The van der Waals surface area contributed by atoms with Gasteiger partial charge in [-0.05, 0) is 17.7 Å². The van der Waals surface area contributed by atoms with Crippen molar-refractivity contribution in [3.8, 4) is 0 Å². The number of allylic oxidation sites excluding steroid dienone is 2. The molecule has 0 radical (unpaired) electrons. The van der Waals surface area contributed by atoms with E-state index >= 15 is 0 Å². The average molecular weight is 238 g/mol. The van der Waals surface area contributed by atoms with Crippen LogP contribution < -0.4 is 0 Å². The van der Waals surface area contributed by atoms with Crippen LogP contribution in [0.5, 0.6) is 0 Å². The van der Waals surface area contributed by atoms with Gasteiger partial charge in [0, 0.05) is 16.0 Å². The summed E-state index contributed by atoms with van der Waals surface area (Å²) in [6.07, 6.45) is 3.28. The minimum Gasteiger partial charge on any atom is -0.481 e. The fourth-order valence-electron chi connectivity index (χ4n) is 1.08. The lowest BCUT2D eigenvalue weighted by Gasteiger charge is -2.22. The third-order valence-corrected chi connectivity index (χ3v) is 2.49.